The van der Waals surface area contributed by atoms with Crippen molar-refractivity contribution in [3.63, 3.8) is 0 Å². The van der Waals surface area contributed by atoms with Crippen molar-refractivity contribution in [2.45, 2.75) is 18.4 Å². The third kappa shape index (κ3) is 4.84. The average Bonchev–Trinajstić information content (AvgIpc) is 2.62. The highest BCUT2D eigenvalue weighted by atomic mass is 35.5. The van der Waals surface area contributed by atoms with E-state index in [1.807, 2.05) is 54.2 Å². The SMILES string of the molecule is CC[NH+](CCSc1ccc(Cl)cc1)Cc1nc2ccccc2c(=O)[nH]1. The molecule has 3 aromatic rings. The first-order chi connectivity index (χ1) is 12.2. The van der Waals surface area contributed by atoms with Crippen LogP contribution in [0.15, 0.2) is 58.2 Å². The number of aromatic nitrogens is 2. The highest BCUT2D eigenvalue weighted by molar-refractivity contribution is 7.99. The van der Waals surface area contributed by atoms with Crippen LogP contribution in [0.5, 0.6) is 0 Å². The number of rotatable bonds is 7. The van der Waals surface area contributed by atoms with Gasteiger partial charge in [-0.2, -0.15) is 0 Å². The van der Waals surface area contributed by atoms with E-state index in [2.05, 4.69) is 16.9 Å². The summed E-state index contributed by atoms with van der Waals surface area (Å²) in [5, 5.41) is 1.40. The Morgan fingerprint density at radius 2 is 1.92 bits per heavy atom. The van der Waals surface area contributed by atoms with Crippen LogP contribution in [0.25, 0.3) is 10.9 Å². The summed E-state index contributed by atoms with van der Waals surface area (Å²) in [5.74, 6) is 1.75. The van der Waals surface area contributed by atoms with Gasteiger partial charge in [-0.3, -0.25) is 4.79 Å². The van der Waals surface area contributed by atoms with E-state index in [1.54, 1.807) is 6.07 Å². The number of hydrogen-bond acceptors (Lipinski definition) is 3. The van der Waals surface area contributed by atoms with Crippen molar-refractivity contribution >= 4 is 34.3 Å². The van der Waals surface area contributed by atoms with E-state index in [-0.39, 0.29) is 5.56 Å². The van der Waals surface area contributed by atoms with Crippen LogP contribution in [0.1, 0.15) is 12.7 Å². The lowest BCUT2D eigenvalue weighted by Gasteiger charge is -2.17. The molecule has 0 spiro atoms. The summed E-state index contributed by atoms with van der Waals surface area (Å²) in [6.45, 7) is 4.86. The molecule has 0 amide bonds. The van der Waals surface area contributed by atoms with Gasteiger partial charge >= 0.3 is 0 Å². The second-order valence-corrected chi connectivity index (χ2v) is 7.47. The summed E-state index contributed by atoms with van der Waals surface area (Å²) in [6, 6.07) is 15.4. The number of nitrogens with zero attached hydrogens (tertiary/aromatic N) is 1. The summed E-state index contributed by atoms with van der Waals surface area (Å²) in [6.07, 6.45) is 0. The van der Waals surface area contributed by atoms with Crippen molar-refractivity contribution in [2.24, 2.45) is 0 Å². The predicted molar refractivity (Wildman–Crippen MR) is 105 cm³/mol. The maximum Gasteiger partial charge on any atom is 0.258 e. The Hall–Kier alpha value is -1.82. The summed E-state index contributed by atoms with van der Waals surface area (Å²) >= 11 is 7.73. The van der Waals surface area contributed by atoms with Crippen LogP contribution in [0, 0.1) is 0 Å². The average molecular weight is 375 g/mol. The molecule has 0 fully saturated rings. The van der Waals surface area contributed by atoms with Crippen molar-refractivity contribution in [3.05, 3.63) is 69.7 Å². The van der Waals surface area contributed by atoms with E-state index in [9.17, 15) is 4.79 Å². The quantitative estimate of drug-likeness (QED) is 0.625. The molecule has 25 heavy (non-hydrogen) atoms. The van der Waals surface area contributed by atoms with Crippen LogP contribution in [-0.4, -0.2) is 28.8 Å². The molecule has 0 bridgehead atoms. The lowest BCUT2D eigenvalue weighted by molar-refractivity contribution is -0.910. The number of H-pyrrole nitrogens is 1. The maximum absolute atomic E-state index is 12.2. The number of nitrogens with one attached hydrogen (secondary N) is 2. The van der Waals surface area contributed by atoms with Crippen molar-refractivity contribution in [1.82, 2.24) is 9.97 Å². The Morgan fingerprint density at radius 1 is 1.16 bits per heavy atom. The van der Waals surface area contributed by atoms with Gasteiger partial charge in [0.25, 0.3) is 5.56 Å². The van der Waals surface area contributed by atoms with Crippen molar-refractivity contribution < 1.29 is 4.90 Å². The van der Waals surface area contributed by atoms with E-state index in [0.29, 0.717) is 5.39 Å². The van der Waals surface area contributed by atoms with Gasteiger partial charge in [0.05, 0.1) is 24.0 Å². The molecule has 6 heteroatoms. The zero-order chi connectivity index (χ0) is 17.6. The molecule has 0 saturated heterocycles. The molecule has 0 saturated carbocycles. The number of quaternary nitrogens is 1. The zero-order valence-electron chi connectivity index (χ0n) is 14.1. The minimum Gasteiger partial charge on any atom is -0.328 e. The molecule has 1 heterocycles. The fourth-order valence-corrected chi connectivity index (χ4v) is 3.77. The molecule has 4 nitrogen and oxygen atoms in total. The van der Waals surface area contributed by atoms with Gasteiger partial charge in [-0.1, -0.05) is 23.7 Å². The monoisotopic (exact) mass is 374 g/mol. The van der Waals surface area contributed by atoms with Crippen LogP contribution < -0.4 is 10.5 Å². The van der Waals surface area contributed by atoms with E-state index >= 15 is 0 Å². The number of aromatic amines is 1. The Morgan fingerprint density at radius 3 is 2.68 bits per heavy atom. The first-order valence-corrected chi connectivity index (χ1v) is 9.72. The Balaban J connectivity index is 1.62. The van der Waals surface area contributed by atoms with Crippen molar-refractivity contribution in [3.8, 4) is 0 Å². The Bertz CT molecular complexity index is 895. The van der Waals surface area contributed by atoms with Crippen LogP contribution in [0.2, 0.25) is 5.02 Å². The predicted octanol–water partition coefficient (Wildman–Crippen LogP) is 2.77. The number of hydrogen-bond donors (Lipinski definition) is 2. The standard InChI is InChI=1S/C19H20ClN3OS/c1-2-23(11-12-25-15-9-7-14(20)8-10-15)13-18-21-17-6-4-3-5-16(17)19(24)22-18/h3-10H,2,11-13H2,1H3,(H,21,22,24)/p+1. The van der Waals surface area contributed by atoms with E-state index in [0.717, 1.165) is 41.8 Å². The van der Waals surface area contributed by atoms with Gasteiger partial charge in [0.2, 0.25) is 0 Å². The molecule has 1 atom stereocenters. The fraction of sp³-hybridized carbons (Fsp3) is 0.263. The van der Waals surface area contributed by atoms with Crippen molar-refractivity contribution in [2.75, 3.05) is 18.8 Å². The molecular weight excluding hydrogens is 354 g/mol. The van der Waals surface area contributed by atoms with Crippen molar-refractivity contribution in [1.29, 1.82) is 0 Å². The summed E-state index contributed by atoms with van der Waals surface area (Å²) in [5.41, 5.74) is 0.693. The van der Waals surface area contributed by atoms with Crippen LogP contribution >= 0.6 is 23.4 Å². The number of benzene rings is 2. The third-order valence-corrected chi connectivity index (χ3v) is 5.38. The molecule has 2 N–H and O–H groups in total. The van der Waals surface area contributed by atoms with Gasteiger partial charge in [0, 0.05) is 15.7 Å². The smallest absolute Gasteiger partial charge is 0.258 e. The number of fused-ring (bicyclic) bond motifs is 1. The summed E-state index contributed by atoms with van der Waals surface area (Å²) < 4.78 is 0. The number of para-hydroxylation sites is 1. The molecule has 0 radical (unpaired) electrons. The van der Waals surface area contributed by atoms with Gasteiger partial charge in [-0.25, -0.2) is 4.98 Å². The highest BCUT2D eigenvalue weighted by Gasteiger charge is 2.11. The molecule has 0 aliphatic rings. The van der Waals surface area contributed by atoms with E-state index in [4.69, 9.17) is 11.6 Å². The number of halogens is 1. The molecule has 1 unspecified atom stereocenters. The number of thioether (sulfide) groups is 1. The highest BCUT2D eigenvalue weighted by Crippen LogP contribution is 2.19. The van der Waals surface area contributed by atoms with Gasteiger partial charge in [0.1, 0.15) is 6.54 Å². The molecule has 130 valence electrons. The molecule has 3 rings (SSSR count). The minimum atomic E-state index is -0.0633. The first-order valence-electron chi connectivity index (χ1n) is 8.35. The molecule has 0 aliphatic carbocycles. The fourth-order valence-electron chi connectivity index (χ4n) is 2.69. The largest absolute Gasteiger partial charge is 0.328 e. The lowest BCUT2D eigenvalue weighted by atomic mass is 10.2. The third-order valence-electron chi connectivity index (χ3n) is 4.12. The second kappa shape index (κ2) is 8.52. The molecular formula is C19H21ClN3OS+. The summed E-state index contributed by atoms with van der Waals surface area (Å²) in [4.78, 5) is 22.3. The molecule has 0 aliphatic heterocycles. The Labute approximate surface area is 156 Å². The normalized spacial score (nSPS) is 12.4. The molecule has 2 aromatic carbocycles. The van der Waals surface area contributed by atoms with Gasteiger partial charge < -0.3 is 9.88 Å². The minimum absolute atomic E-state index is 0.0633. The van der Waals surface area contributed by atoms with E-state index in [1.165, 1.54) is 9.80 Å². The lowest BCUT2D eigenvalue weighted by Crippen LogP contribution is -3.10. The van der Waals surface area contributed by atoms with Crippen LogP contribution in [0.4, 0.5) is 0 Å². The topological polar surface area (TPSA) is 50.2 Å². The summed E-state index contributed by atoms with van der Waals surface area (Å²) in [7, 11) is 0. The van der Waals surface area contributed by atoms with Crippen LogP contribution in [-0.2, 0) is 6.54 Å². The van der Waals surface area contributed by atoms with Crippen LogP contribution in [0.3, 0.4) is 0 Å². The van der Waals surface area contributed by atoms with E-state index < -0.39 is 0 Å². The van der Waals surface area contributed by atoms with Gasteiger partial charge in [-0.05, 0) is 43.3 Å². The maximum atomic E-state index is 12.2. The zero-order valence-corrected chi connectivity index (χ0v) is 15.7. The molecule has 1 aromatic heterocycles. The first kappa shape index (κ1) is 18.0. The second-order valence-electron chi connectivity index (χ2n) is 5.86. The van der Waals surface area contributed by atoms with Gasteiger partial charge in [0.15, 0.2) is 5.82 Å². The van der Waals surface area contributed by atoms with Gasteiger partial charge in [-0.15, -0.1) is 11.8 Å². The Kier molecular flexibility index (Phi) is 6.13.